The molecule has 1 aliphatic rings. The largest absolute Gasteiger partial charge is 0.507 e. The van der Waals surface area contributed by atoms with Gasteiger partial charge >= 0.3 is 5.91 Å². The smallest absolute Gasteiger partial charge is 0.301 e. The molecule has 0 saturated carbocycles. The Balaban J connectivity index is 1.42. The third-order valence-electron chi connectivity index (χ3n) is 7.31. The van der Waals surface area contributed by atoms with Crippen molar-refractivity contribution < 1.29 is 28.9 Å². The Labute approximate surface area is 267 Å². The number of rotatable bonds is 7. The number of thioether (sulfide) groups is 1. The third-order valence-corrected chi connectivity index (χ3v) is 10.0. The van der Waals surface area contributed by atoms with Crippen molar-refractivity contribution in [1.82, 2.24) is 10.2 Å². The molecule has 44 heavy (non-hydrogen) atoms. The fraction of sp³-hybridized carbons (Fsp3) is 0.125. The number of anilines is 1. The number of aromatic hydroxyl groups is 1. The highest BCUT2D eigenvalue weighted by Crippen LogP contribution is 2.47. The monoisotopic (exact) mass is 691 g/mol. The average molecular weight is 693 g/mol. The molecule has 0 spiro atoms. The zero-order valence-electron chi connectivity index (χ0n) is 23.2. The number of aromatic nitrogens is 2. The zero-order valence-corrected chi connectivity index (χ0v) is 26.5. The number of benzene rings is 4. The van der Waals surface area contributed by atoms with Crippen LogP contribution in [0.1, 0.15) is 28.3 Å². The first-order valence-corrected chi connectivity index (χ1v) is 15.8. The Morgan fingerprint density at radius 2 is 1.86 bits per heavy atom. The number of aliphatic hydroxyl groups excluding tert-OH is 1. The minimum atomic E-state index is -1.19. The van der Waals surface area contributed by atoms with E-state index in [2.05, 4.69) is 32.2 Å². The number of carbonyl (C=O) groups excluding carboxylic acids is 2. The summed E-state index contributed by atoms with van der Waals surface area (Å²) in [6, 6.07) is 20.0. The van der Waals surface area contributed by atoms with Gasteiger partial charge in [0.1, 0.15) is 11.6 Å². The number of aliphatic hydroxyl groups is 1. The van der Waals surface area contributed by atoms with E-state index < -0.39 is 29.3 Å². The summed E-state index contributed by atoms with van der Waals surface area (Å²) in [5, 5.41) is 32.7. The van der Waals surface area contributed by atoms with Crippen LogP contribution in [0, 0.1) is 12.7 Å². The standard InChI is InChI=1S/C32H23BrFN3O5S2/c1-16-10-11-18(13-23(16)34)27(38)25-26(20-12-22(33)28(39)24(14-20)42-2)37(30(41)29(25)40)31-35-36-32(44-31)43-15-19-8-5-7-17-6-3-4-9-21(17)19/h3-14,26,38-39H,15H2,1-2H3/b27-25-. The van der Waals surface area contributed by atoms with Gasteiger partial charge in [0.25, 0.3) is 5.78 Å². The van der Waals surface area contributed by atoms with Crippen molar-refractivity contribution in [2.45, 2.75) is 23.1 Å². The molecular formula is C32H23BrFN3O5S2. The van der Waals surface area contributed by atoms with Gasteiger partial charge in [0.2, 0.25) is 5.13 Å². The Bertz CT molecular complexity index is 1990. The van der Waals surface area contributed by atoms with E-state index in [-0.39, 0.29) is 32.2 Å². The van der Waals surface area contributed by atoms with E-state index in [1.165, 1.54) is 43.1 Å². The molecule has 1 saturated heterocycles. The van der Waals surface area contributed by atoms with Crippen molar-refractivity contribution in [3.8, 4) is 11.5 Å². The first-order valence-electron chi connectivity index (χ1n) is 13.2. The molecule has 0 aliphatic carbocycles. The molecule has 0 radical (unpaired) electrons. The van der Waals surface area contributed by atoms with Crippen LogP contribution in [0.25, 0.3) is 16.5 Å². The average Bonchev–Trinajstić information content (AvgIpc) is 3.60. The summed E-state index contributed by atoms with van der Waals surface area (Å²) in [7, 11) is 1.36. The van der Waals surface area contributed by atoms with Gasteiger partial charge in [-0.05, 0) is 68.5 Å². The van der Waals surface area contributed by atoms with Gasteiger partial charge in [0.15, 0.2) is 15.8 Å². The summed E-state index contributed by atoms with van der Waals surface area (Å²) in [6.07, 6.45) is 0. The van der Waals surface area contributed by atoms with Crippen molar-refractivity contribution in [2.75, 3.05) is 12.0 Å². The lowest BCUT2D eigenvalue weighted by Gasteiger charge is -2.23. The van der Waals surface area contributed by atoms with Crippen LogP contribution in [-0.2, 0) is 15.3 Å². The number of phenols is 1. The molecule has 5 aromatic rings. The van der Waals surface area contributed by atoms with Crippen LogP contribution in [0.15, 0.2) is 87.2 Å². The molecule has 2 heterocycles. The number of methoxy groups -OCH3 is 1. The van der Waals surface area contributed by atoms with Crippen LogP contribution >= 0.6 is 39.0 Å². The minimum absolute atomic E-state index is 0.0319. The first kappa shape index (κ1) is 29.8. The lowest BCUT2D eigenvalue weighted by Crippen LogP contribution is -2.29. The van der Waals surface area contributed by atoms with Gasteiger partial charge in [-0.2, -0.15) is 0 Å². The molecule has 1 atom stereocenters. The van der Waals surface area contributed by atoms with E-state index in [1.807, 2.05) is 36.4 Å². The zero-order chi connectivity index (χ0) is 31.1. The van der Waals surface area contributed by atoms with E-state index in [1.54, 1.807) is 6.92 Å². The van der Waals surface area contributed by atoms with Crippen molar-refractivity contribution >= 4 is 72.4 Å². The molecule has 222 valence electrons. The van der Waals surface area contributed by atoms with Crippen LogP contribution in [-0.4, -0.2) is 39.2 Å². The summed E-state index contributed by atoms with van der Waals surface area (Å²) in [4.78, 5) is 28.3. The Morgan fingerprint density at radius 1 is 1.09 bits per heavy atom. The van der Waals surface area contributed by atoms with Crippen molar-refractivity contribution in [3.63, 3.8) is 0 Å². The maximum absolute atomic E-state index is 14.5. The van der Waals surface area contributed by atoms with Crippen LogP contribution in [0.2, 0.25) is 0 Å². The maximum Gasteiger partial charge on any atom is 0.301 e. The Hall–Kier alpha value is -4.26. The van der Waals surface area contributed by atoms with Gasteiger partial charge in [-0.3, -0.25) is 14.5 Å². The molecule has 1 unspecified atom stereocenters. The number of phenolic OH excluding ortho intramolecular Hbond substituents is 1. The number of fused-ring (bicyclic) bond motifs is 1. The lowest BCUT2D eigenvalue weighted by molar-refractivity contribution is -0.132. The number of Topliss-reactive ketones (excluding diaryl/α,β-unsaturated/α-hetero) is 1. The van der Waals surface area contributed by atoms with Crippen molar-refractivity contribution in [3.05, 3.63) is 111 Å². The summed E-state index contributed by atoms with van der Waals surface area (Å²) in [6.45, 7) is 1.57. The minimum Gasteiger partial charge on any atom is -0.507 e. The van der Waals surface area contributed by atoms with E-state index in [4.69, 9.17) is 4.74 Å². The highest BCUT2D eigenvalue weighted by Gasteiger charge is 2.48. The number of ether oxygens (including phenoxy) is 1. The maximum atomic E-state index is 14.5. The fourth-order valence-corrected chi connectivity index (χ4v) is 7.40. The van der Waals surface area contributed by atoms with Crippen LogP contribution in [0.4, 0.5) is 9.52 Å². The molecular weight excluding hydrogens is 669 g/mol. The van der Waals surface area contributed by atoms with Crippen LogP contribution < -0.4 is 9.64 Å². The number of hydrogen-bond acceptors (Lipinski definition) is 9. The second kappa shape index (κ2) is 12.0. The summed E-state index contributed by atoms with van der Waals surface area (Å²) < 4.78 is 20.6. The quantitative estimate of drug-likeness (QED) is 0.0592. The predicted octanol–water partition coefficient (Wildman–Crippen LogP) is 7.53. The van der Waals surface area contributed by atoms with Crippen LogP contribution in [0.5, 0.6) is 11.5 Å². The number of aryl methyl sites for hydroxylation is 1. The molecule has 1 amide bonds. The summed E-state index contributed by atoms with van der Waals surface area (Å²) in [5.74, 6) is -2.55. The number of hydrogen-bond donors (Lipinski definition) is 2. The van der Waals surface area contributed by atoms with Crippen molar-refractivity contribution in [1.29, 1.82) is 0 Å². The molecule has 0 bridgehead atoms. The first-order chi connectivity index (χ1) is 21.2. The van der Waals surface area contributed by atoms with Gasteiger partial charge in [0.05, 0.1) is 23.2 Å². The Morgan fingerprint density at radius 3 is 2.64 bits per heavy atom. The second-order valence-corrected chi connectivity index (χ2v) is 13.0. The summed E-state index contributed by atoms with van der Waals surface area (Å²) in [5.41, 5.74) is 1.56. The molecule has 2 N–H and O–H groups in total. The Kier molecular flexibility index (Phi) is 8.14. The highest BCUT2D eigenvalue weighted by molar-refractivity contribution is 9.10. The topological polar surface area (TPSA) is 113 Å². The normalized spacial score (nSPS) is 16.2. The lowest BCUT2D eigenvalue weighted by atomic mass is 9.94. The predicted molar refractivity (Wildman–Crippen MR) is 172 cm³/mol. The van der Waals surface area contributed by atoms with Gasteiger partial charge in [-0.1, -0.05) is 77.7 Å². The molecule has 8 nitrogen and oxygen atoms in total. The molecule has 4 aromatic carbocycles. The second-order valence-electron chi connectivity index (χ2n) is 9.96. The van der Waals surface area contributed by atoms with Crippen LogP contribution in [0.3, 0.4) is 0 Å². The highest BCUT2D eigenvalue weighted by atomic mass is 79.9. The number of carbonyl (C=O) groups is 2. The number of nitrogens with zero attached hydrogens (tertiary/aromatic N) is 3. The van der Waals surface area contributed by atoms with E-state index in [0.717, 1.165) is 38.6 Å². The fourth-order valence-electron chi connectivity index (χ4n) is 5.06. The third kappa shape index (κ3) is 5.33. The molecule has 6 rings (SSSR count). The summed E-state index contributed by atoms with van der Waals surface area (Å²) >= 11 is 5.87. The number of amides is 1. The van der Waals surface area contributed by atoms with E-state index in [0.29, 0.717) is 21.2 Å². The van der Waals surface area contributed by atoms with Gasteiger partial charge in [-0.25, -0.2) is 4.39 Å². The van der Waals surface area contributed by atoms with E-state index >= 15 is 0 Å². The number of halogens is 2. The van der Waals surface area contributed by atoms with Gasteiger partial charge in [-0.15, -0.1) is 10.2 Å². The van der Waals surface area contributed by atoms with Crippen molar-refractivity contribution in [2.24, 2.45) is 0 Å². The molecule has 12 heteroatoms. The van der Waals surface area contributed by atoms with E-state index in [9.17, 15) is 24.2 Å². The SMILES string of the molecule is COc1cc(C2/C(=C(/O)c3ccc(C)c(F)c3)C(=O)C(=O)N2c2nnc(SCc3cccc4ccccc34)s2)cc(Br)c1O. The molecule has 1 aliphatic heterocycles. The molecule has 1 fully saturated rings. The number of ketones is 1. The molecule has 1 aromatic heterocycles. The van der Waals surface area contributed by atoms with Gasteiger partial charge in [0, 0.05) is 11.3 Å². The van der Waals surface area contributed by atoms with Gasteiger partial charge < -0.3 is 14.9 Å².